The lowest BCUT2D eigenvalue weighted by Gasteiger charge is -2.29. The maximum Gasteiger partial charge on any atom is 0.208 e. The molecule has 1 fully saturated rings. The molecule has 2 rings (SSSR count). The van der Waals surface area contributed by atoms with Crippen LogP contribution in [0.4, 0.5) is 5.13 Å². The lowest BCUT2D eigenvalue weighted by atomic mass is 9.87. The average Bonchev–Trinajstić information content (AvgIpc) is 2.67. The molecular weight excluding hydrogens is 246 g/mol. The monoisotopic (exact) mass is 269 g/mol. The van der Waals surface area contributed by atoms with Gasteiger partial charge in [-0.1, -0.05) is 39.0 Å². The van der Waals surface area contributed by atoms with Crippen molar-refractivity contribution in [3.05, 3.63) is 5.01 Å². The molecule has 0 aliphatic carbocycles. The van der Waals surface area contributed by atoms with E-state index in [0.717, 1.165) is 36.1 Å². The van der Waals surface area contributed by atoms with E-state index in [4.69, 9.17) is 0 Å². The Morgan fingerprint density at radius 3 is 2.72 bits per heavy atom. The van der Waals surface area contributed by atoms with Crippen LogP contribution >= 0.6 is 11.3 Å². The first-order chi connectivity index (χ1) is 8.37. The molecule has 102 valence electrons. The SMILES string of the molecule is CC(C)c1nnc(N2CC[C@H](O)CC(C)(C)C2)s1. The fourth-order valence-electron chi connectivity index (χ4n) is 2.46. The third-order valence-corrected chi connectivity index (χ3v) is 4.62. The molecule has 1 aliphatic heterocycles. The number of rotatable bonds is 2. The molecule has 0 amide bonds. The molecule has 1 aromatic rings. The minimum atomic E-state index is -0.192. The van der Waals surface area contributed by atoms with E-state index >= 15 is 0 Å². The summed E-state index contributed by atoms with van der Waals surface area (Å²) in [5, 5.41) is 20.6. The van der Waals surface area contributed by atoms with Crippen molar-refractivity contribution in [1.29, 1.82) is 0 Å². The highest BCUT2D eigenvalue weighted by atomic mass is 32.1. The van der Waals surface area contributed by atoms with E-state index in [2.05, 4.69) is 42.8 Å². The van der Waals surface area contributed by atoms with Crippen LogP contribution in [0, 0.1) is 5.41 Å². The van der Waals surface area contributed by atoms with E-state index < -0.39 is 0 Å². The van der Waals surface area contributed by atoms with E-state index in [-0.39, 0.29) is 11.5 Å². The number of aliphatic hydroxyl groups is 1. The standard InChI is InChI=1S/C13H23N3OS/c1-9(2)11-14-15-12(18-11)16-6-5-10(17)7-13(3,4)8-16/h9-10,17H,5-8H2,1-4H3/t10-/m0/s1. The molecule has 1 aliphatic rings. The number of aromatic nitrogens is 2. The van der Waals surface area contributed by atoms with Crippen molar-refractivity contribution < 1.29 is 5.11 Å². The quantitative estimate of drug-likeness (QED) is 0.896. The Kier molecular flexibility index (Phi) is 3.92. The van der Waals surface area contributed by atoms with Gasteiger partial charge in [-0.2, -0.15) is 0 Å². The van der Waals surface area contributed by atoms with E-state index in [9.17, 15) is 5.11 Å². The third-order valence-electron chi connectivity index (χ3n) is 3.33. The zero-order valence-electron chi connectivity index (χ0n) is 11.7. The van der Waals surface area contributed by atoms with Crippen LogP contribution in [0.25, 0.3) is 0 Å². The van der Waals surface area contributed by atoms with Gasteiger partial charge in [0.25, 0.3) is 0 Å². The summed E-state index contributed by atoms with van der Waals surface area (Å²) in [5.41, 5.74) is 0.125. The lowest BCUT2D eigenvalue weighted by molar-refractivity contribution is 0.123. The summed E-state index contributed by atoms with van der Waals surface area (Å²) in [6.07, 6.45) is 1.49. The fraction of sp³-hybridized carbons (Fsp3) is 0.846. The van der Waals surface area contributed by atoms with Crippen LogP contribution in [-0.2, 0) is 0 Å². The summed E-state index contributed by atoms with van der Waals surface area (Å²) in [7, 11) is 0. The molecule has 18 heavy (non-hydrogen) atoms. The summed E-state index contributed by atoms with van der Waals surface area (Å²) >= 11 is 1.68. The predicted octanol–water partition coefficient (Wildman–Crippen LogP) is 2.65. The van der Waals surface area contributed by atoms with Gasteiger partial charge in [-0.25, -0.2) is 0 Å². The first kappa shape index (κ1) is 13.7. The van der Waals surface area contributed by atoms with Gasteiger partial charge >= 0.3 is 0 Å². The summed E-state index contributed by atoms with van der Waals surface area (Å²) in [5.74, 6) is 0.432. The van der Waals surface area contributed by atoms with Crippen molar-refractivity contribution in [2.75, 3.05) is 18.0 Å². The topological polar surface area (TPSA) is 49.2 Å². The summed E-state index contributed by atoms with van der Waals surface area (Å²) < 4.78 is 0. The zero-order valence-corrected chi connectivity index (χ0v) is 12.5. The van der Waals surface area contributed by atoms with Crippen LogP contribution in [0.15, 0.2) is 0 Å². The zero-order chi connectivity index (χ0) is 13.3. The van der Waals surface area contributed by atoms with Gasteiger partial charge < -0.3 is 10.0 Å². The van der Waals surface area contributed by atoms with Gasteiger partial charge in [0.1, 0.15) is 5.01 Å². The first-order valence-electron chi connectivity index (χ1n) is 6.64. The summed E-state index contributed by atoms with van der Waals surface area (Å²) in [6.45, 7) is 10.5. The predicted molar refractivity (Wildman–Crippen MR) is 75.2 cm³/mol. The van der Waals surface area contributed by atoms with Crippen LogP contribution in [-0.4, -0.2) is 34.5 Å². The molecule has 0 bridgehead atoms. The van der Waals surface area contributed by atoms with Crippen molar-refractivity contribution >= 4 is 16.5 Å². The lowest BCUT2D eigenvalue weighted by Crippen LogP contribution is -2.32. The Labute approximate surface area is 113 Å². The number of anilines is 1. The number of hydrogen-bond donors (Lipinski definition) is 1. The highest BCUT2D eigenvalue weighted by molar-refractivity contribution is 7.15. The number of hydrogen-bond acceptors (Lipinski definition) is 5. The van der Waals surface area contributed by atoms with E-state index in [1.807, 2.05) is 0 Å². The second-order valence-corrected chi connectivity index (χ2v) is 7.30. The molecule has 0 unspecified atom stereocenters. The van der Waals surface area contributed by atoms with Gasteiger partial charge in [-0.15, -0.1) is 10.2 Å². The Morgan fingerprint density at radius 1 is 1.39 bits per heavy atom. The fourth-order valence-corrected chi connectivity index (χ4v) is 3.33. The molecule has 0 radical (unpaired) electrons. The molecule has 1 N–H and O–H groups in total. The van der Waals surface area contributed by atoms with Gasteiger partial charge in [0, 0.05) is 19.0 Å². The minimum absolute atomic E-state index is 0.125. The second-order valence-electron chi connectivity index (χ2n) is 6.31. The van der Waals surface area contributed by atoms with Crippen LogP contribution in [0.2, 0.25) is 0 Å². The van der Waals surface area contributed by atoms with Crippen LogP contribution in [0.5, 0.6) is 0 Å². The highest BCUT2D eigenvalue weighted by Gasteiger charge is 2.30. The summed E-state index contributed by atoms with van der Waals surface area (Å²) in [6, 6.07) is 0. The first-order valence-corrected chi connectivity index (χ1v) is 7.45. The van der Waals surface area contributed by atoms with Gasteiger partial charge in [-0.3, -0.25) is 0 Å². The Balaban J connectivity index is 2.16. The van der Waals surface area contributed by atoms with Gasteiger partial charge in [0.05, 0.1) is 6.10 Å². The molecule has 1 saturated heterocycles. The van der Waals surface area contributed by atoms with Crippen LogP contribution in [0.1, 0.15) is 51.5 Å². The Morgan fingerprint density at radius 2 is 2.11 bits per heavy atom. The Hall–Kier alpha value is -0.680. The third kappa shape index (κ3) is 3.20. The summed E-state index contributed by atoms with van der Waals surface area (Å²) in [4.78, 5) is 2.28. The van der Waals surface area contributed by atoms with Crippen molar-refractivity contribution in [2.24, 2.45) is 5.41 Å². The molecule has 5 heteroatoms. The van der Waals surface area contributed by atoms with Crippen LogP contribution in [0.3, 0.4) is 0 Å². The normalized spacial score (nSPS) is 24.3. The molecule has 1 atom stereocenters. The number of nitrogens with zero attached hydrogens (tertiary/aromatic N) is 3. The maximum absolute atomic E-state index is 9.92. The van der Waals surface area contributed by atoms with Crippen LogP contribution < -0.4 is 4.90 Å². The van der Waals surface area contributed by atoms with Gasteiger partial charge in [0.15, 0.2) is 0 Å². The molecule has 4 nitrogen and oxygen atoms in total. The number of aliphatic hydroxyl groups excluding tert-OH is 1. The molecule has 0 aromatic carbocycles. The molecule has 0 saturated carbocycles. The van der Waals surface area contributed by atoms with E-state index in [1.54, 1.807) is 11.3 Å². The largest absolute Gasteiger partial charge is 0.393 e. The Bertz CT molecular complexity index is 403. The van der Waals surface area contributed by atoms with Crippen molar-refractivity contribution in [3.63, 3.8) is 0 Å². The van der Waals surface area contributed by atoms with Crippen molar-refractivity contribution in [3.8, 4) is 0 Å². The van der Waals surface area contributed by atoms with Gasteiger partial charge in [0.2, 0.25) is 5.13 Å². The van der Waals surface area contributed by atoms with E-state index in [1.165, 1.54) is 0 Å². The molecule has 0 spiro atoms. The van der Waals surface area contributed by atoms with Crippen molar-refractivity contribution in [1.82, 2.24) is 10.2 Å². The maximum atomic E-state index is 9.92. The molecule has 1 aromatic heterocycles. The van der Waals surface area contributed by atoms with Crippen molar-refractivity contribution in [2.45, 2.75) is 52.6 Å². The molecule has 2 heterocycles. The van der Waals surface area contributed by atoms with Gasteiger partial charge in [-0.05, 0) is 18.3 Å². The minimum Gasteiger partial charge on any atom is -0.393 e. The molecular formula is C13H23N3OS. The highest BCUT2D eigenvalue weighted by Crippen LogP contribution is 2.33. The second kappa shape index (κ2) is 5.13. The van der Waals surface area contributed by atoms with E-state index in [0.29, 0.717) is 5.92 Å². The smallest absolute Gasteiger partial charge is 0.208 e. The average molecular weight is 269 g/mol.